The van der Waals surface area contributed by atoms with Crippen LogP contribution in [0.1, 0.15) is 16.2 Å². The van der Waals surface area contributed by atoms with Crippen molar-refractivity contribution in [1.82, 2.24) is 9.55 Å². The molecule has 0 radical (unpaired) electrons. The maximum absolute atomic E-state index is 14.2. The predicted octanol–water partition coefficient (Wildman–Crippen LogP) is 3.48. The number of methoxy groups -OCH3 is 1. The molecule has 0 spiro atoms. The number of thiophene rings is 1. The van der Waals surface area contributed by atoms with Gasteiger partial charge in [0.15, 0.2) is 0 Å². The Morgan fingerprint density at radius 2 is 1.93 bits per heavy atom. The van der Waals surface area contributed by atoms with Crippen molar-refractivity contribution in [3.8, 4) is 0 Å². The van der Waals surface area contributed by atoms with Gasteiger partial charge in [0.25, 0.3) is 5.56 Å². The van der Waals surface area contributed by atoms with Gasteiger partial charge in [-0.2, -0.15) is 0 Å². The molecule has 30 heavy (non-hydrogen) atoms. The molecule has 4 aromatic rings. The zero-order chi connectivity index (χ0) is 21.4. The van der Waals surface area contributed by atoms with Crippen LogP contribution in [0.5, 0.6) is 0 Å². The van der Waals surface area contributed by atoms with E-state index in [4.69, 9.17) is 0 Å². The number of benzene rings is 2. The third-order valence-electron chi connectivity index (χ3n) is 4.63. The number of aryl methyl sites for hydroxylation is 1. The standard InChI is InChI=1S/C21H16FN3O4S/c1-11-23-18-17-14(22)4-3-5-15(17)30-19(18)20(27)25(11)10-16(26)24-13-8-6-12(7-9-13)21(28)29-2/h3-9H,10H2,1-2H3,(H,24,26). The van der Waals surface area contributed by atoms with Gasteiger partial charge in [0.2, 0.25) is 5.91 Å². The number of carbonyl (C=O) groups is 2. The van der Waals surface area contributed by atoms with Crippen LogP contribution in [-0.4, -0.2) is 28.5 Å². The third-order valence-corrected chi connectivity index (χ3v) is 5.77. The lowest BCUT2D eigenvalue weighted by atomic mass is 10.2. The summed E-state index contributed by atoms with van der Waals surface area (Å²) in [7, 11) is 1.29. The summed E-state index contributed by atoms with van der Waals surface area (Å²) in [4.78, 5) is 41.3. The van der Waals surface area contributed by atoms with Gasteiger partial charge in [-0.25, -0.2) is 14.2 Å². The summed E-state index contributed by atoms with van der Waals surface area (Å²) in [5.74, 6) is -1.03. The fraction of sp³-hybridized carbons (Fsp3) is 0.143. The van der Waals surface area contributed by atoms with Crippen LogP contribution >= 0.6 is 11.3 Å². The number of ether oxygens (including phenoxy) is 1. The number of esters is 1. The maximum Gasteiger partial charge on any atom is 0.337 e. The highest BCUT2D eigenvalue weighted by molar-refractivity contribution is 7.25. The smallest absolute Gasteiger partial charge is 0.337 e. The number of halogens is 1. The number of nitrogens with zero attached hydrogens (tertiary/aromatic N) is 2. The molecule has 0 aliphatic heterocycles. The number of nitrogens with one attached hydrogen (secondary N) is 1. The summed E-state index contributed by atoms with van der Waals surface area (Å²) in [5.41, 5.74) is 0.741. The van der Waals surface area contributed by atoms with Crippen molar-refractivity contribution in [2.75, 3.05) is 12.4 Å². The highest BCUT2D eigenvalue weighted by atomic mass is 32.1. The van der Waals surface area contributed by atoms with Crippen LogP contribution in [0.25, 0.3) is 20.3 Å². The maximum atomic E-state index is 14.2. The Kier molecular flexibility index (Phi) is 5.04. The summed E-state index contributed by atoms with van der Waals surface area (Å²) < 4.78 is 21.1. The molecule has 9 heteroatoms. The van der Waals surface area contributed by atoms with E-state index in [1.165, 1.54) is 29.9 Å². The molecule has 1 N–H and O–H groups in total. The number of aromatic nitrogens is 2. The van der Waals surface area contributed by atoms with Gasteiger partial charge in [-0.1, -0.05) is 6.07 Å². The summed E-state index contributed by atoms with van der Waals surface area (Å²) in [6.45, 7) is 1.35. The van der Waals surface area contributed by atoms with E-state index in [-0.39, 0.29) is 6.54 Å². The van der Waals surface area contributed by atoms with Crippen LogP contribution in [0.15, 0.2) is 47.3 Å². The Morgan fingerprint density at radius 3 is 2.63 bits per heavy atom. The number of carbonyl (C=O) groups excluding carboxylic acids is 2. The van der Waals surface area contributed by atoms with Crippen molar-refractivity contribution < 1.29 is 18.7 Å². The van der Waals surface area contributed by atoms with E-state index in [1.807, 2.05) is 0 Å². The normalized spacial score (nSPS) is 11.0. The molecule has 0 unspecified atom stereocenters. The zero-order valence-electron chi connectivity index (χ0n) is 16.1. The molecule has 0 aliphatic rings. The van der Waals surface area contributed by atoms with Gasteiger partial charge in [-0.05, 0) is 43.3 Å². The minimum Gasteiger partial charge on any atom is -0.465 e. The van der Waals surface area contributed by atoms with Gasteiger partial charge in [0, 0.05) is 10.4 Å². The number of anilines is 1. The van der Waals surface area contributed by atoms with Crippen LogP contribution < -0.4 is 10.9 Å². The van der Waals surface area contributed by atoms with E-state index >= 15 is 0 Å². The van der Waals surface area contributed by atoms with Crippen molar-refractivity contribution >= 4 is 49.2 Å². The second kappa shape index (κ2) is 7.68. The topological polar surface area (TPSA) is 90.3 Å². The number of amides is 1. The van der Waals surface area contributed by atoms with Gasteiger partial charge < -0.3 is 10.1 Å². The molecule has 2 heterocycles. The van der Waals surface area contributed by atoms with E-state index < -0.39 is 23.3 Å². The van der Waals surface area contributed by atoms with Crippen LogP contribution in [0.3, 0.4) is 0 Å². The van der Waals surface area contributed by atoms with E-state index in [2.05, 4.69) is 15.0 Å². The quantitative estimate of drug-likeness (QED) is 0.506. The van der Waals surface area contributed by atoms with Gasteiger partial charge in [-0.15, -0.1) is 11.3 Å². The molecule has 1 amide bonds. The minimum atomic E-state index is -0.478. The Labute approximate surface area is 173 Å². The summed E-state index contributed by atoms with van der Waals surface area (Å²) in [6.07, 6.45) is 0. The molecule has 152 valence electrons. The molecule has 0 fully saturated rings. The molecule has 0 bridgehead atoms. The lowest BCUT2D eigenvalue weighted by molar-refractivity contribution is -0.116. The first-order valence-electron chi connectivity index (χ1n) is 8.95. The number of hydrogen-bond donors (Lipinski definition) is 1. The van der Waals surface area contributed by atoms with Gasteiger partial charge in [0.1, 0.15) is 22.9 Å². The molecule has 0 atom stereocenters. The first kappa shape index (κ1) is 19.7. The fourth-order valence-corrected chi connectivity index (χ4v) is 4.28. The van der Waals surface area contributed by atoms with Crippen LogP contribution in [-0.2, 0) is 16.1 Å². The highest BCUT2D eigenvalue weighted by Gasteiger charge is 2.18. The minimum absolute atomic E-state index is 0.247. The lowest BCUT2D eigenvalue weighted by Crippen LogP contribution is -2.29. The first-order valence-corrected chi connectivity index (χ1v) is 9.77. The SMILES string of the molecule is COC(=O)c1ccc(NC(=O)Cn2c(C)nc3c(sc4cccc(F)c43)c2=O)cc1. The molecule has 2 aromatic heterocycles. The van der Waals surface area contributed by atoms with E-state index in [1.54, 1.807) is 31.2 Å². The number of rotatable bonds is 4. The lowest BCUT2D eigenvalue weighted by Gasteiger charge is -2.10. The summed E-state index contributed by atoms with van der Waals surface area (Å²) in [6, 6.07) is 10.8. The van der Waals surface area contributed by atoms with E-state index in [0.29, 0.717) is 37.4 Å². The molecule has 0 saturated heterocycles. The molecule has 4 rings (SSSR count). The van der Waals surface area contributed by atoms with Crippen LogP contribution in [0.4, 0.5) is 10.1 Å². The predicted molar refractivity (Wildman–Crippen MR) is 112 cm³/mol. The van der Waals surface area contributed by atoms with Crippen LogP contribution in [0.2, 0.25) is 0 Å². The van der Waals surface area contributed by atoms with Gasteiger partial charge in [0.05, 0.1) is 23.6 Å². The second-order valence-electron chi connectivity index (χ2n) is 6.56. The van der Waals surface area contributed by atoms with Crippen molar-refractivity contribution in [2.24, 2.45) is 0 Å². The Morgan fingerprint density at radius 1 is 1.20 bits per heavy atom. The Balaban J connectivity index is 1.63. The molecular formula is C21H16FN3O4S. The summed E-state index contributed by atoms with van der Waals surface area (Å²) in [5, 5.41) is 3.00. The Hall–Kier alpha value is -3.59. The second-order valence-corrected chi connectivity index (χ2v) is 7.61. The average Bonchev–Trinajstić information content (AvgIpc) is 3.11. The van der Waals surface area contributed by atoms with Crippen LogP contribution in [0, 0.1) is 12.7 Å². The van der Waals surface area contributed by atoms with E-state index in [9.17, 15) is 18.8 Å². The monoisotopic (exact) mass is 425 g/mol. The number of hydrogen-bond acceptors (Lipinski definition) is 6. The molecule has 7 nitrogen and oxygen atoms in total. The van der Waals surface area contributed by atoms with Gasteiger partial charge in [-0.3, -0.25) is 14.2 Å². The number of fused-ring (bicyclic) bond motifs is 3. The molecular weight excluding hydrogens is 409 g/mol. The average molecular weight is 425 g/mol. The first-order chi connectivity index (χ1) is 14.4. The van der Waals surface area contributed by atoms with Gasteiger partial charge >= 0.3 is 5.97 Å². The molecule has 2 aromatic carbocycles. The molecule has 0 aliphatic carbocycles. The fourth-order valence-electron chi connectivity index (χ4n) is 3.17. The van der Waals surface area contributed by atoms with Crippen molar-refractivity contribution in [3.63, 3.8) is 0 Å². The van der Waals surface area contributed by atoms with Crippen molar-refractivity contribution in [2.45, 2.75) is 13.5 Å². The Bertz CT molecular complexity index is 1360. The molecule has 0 saturated carbocycles. The van der Waals surface area contributed by atoms with Crippen molar-refractivity contribution in [1.29, 1.82) is 0 Å². The third kappa shape index (κ3) is 3.43. The summed E-state index contributed by atoms with van der Waals surface area (Å²) >= 11 is 1.15. The zero-order valence-corrected chi connectivity index (χ0v) is 16.9. The van der Waals surface area contributed by atoms with E-state index in [0.717, 1.165) is 11.3 Å². The highest BCUT2D eigenvalue weighted by Crippen LogP contribution is 2.32. The largest absolute Gasteiger partial charge is 0.465 e. The van der Waals surface area contributed by atoms with Crippen molar-refractivity contribution in [3.05, 3.63) is 70.0 Å².